The molecule has 36 heavy (non-hydrogen) atoms. The molecule has 188 valence electrons. The van der Waals surface area contributed by atoms with Crippen LogP contribution >= 0.6 is 0 Å². The van der Waals surface area contributed by atoms with Crippen LogP contribution in [0.1, 0.15) is 62.9 Å². The zero-order chi connectivity index (χ0) is 26.5. The summed E-state index contributed by atoms with van der Waals surface area (Å²) in [5.74, 6) is 0.0330. The van der Waals surface area contributed by atoms with Crippen molar-refractivity contribution in [3.05, 3.63) is 101 Å². The lowest BCUT2D eigenvalue weighted by Gasteiger charge is -2.19. The Hall–Kier alpha value is -3.77. The summed E-state index contributed by atoms with van der Waals surface area (Å²) in [6, 6.07) is 11.8. The number of benzene rings is 1. The van der Waals surface area contributed by atoms with Crippen molar-refractivity contribution in [2.45, 2.75) is 52.5 Å². The van der Waals surface area contributed by atoms with Crippen LogP contribution in [0.2, 0.25) is 0 Å². The lowest BCUT2D eigenvalue weighted by Crippen LogP contribution is -2.28. The Kier molecular flexibility index (Phi) is 8.43. The highest BCUT2D eigenvalue weighted by Crippen LogP contribution is 2.25. The molecule has 2 amide bonds. The van der Waals surface area contributed by atoms with Crippen molar-refractivity contribution in [2.75, 3.05) is 7.05 Å². The number of hydrogen-bond donors (Lipinski definition) is 2. The molecular formula is C30H36N4O2. The van der Waals surface area contributed by atoms with Gasteiger partial charge in [0, 0.05) is 37.1 Å². The molecule has 1 aliphatic rings. The van der Waals surface area contributed by atoms with E-state index in [0.717, 1.165) is 44.8 Å². The Morgan fingerprint density at radius 2 is 1.92 bits per heavy atom. The fourth-order valence-electron chi connectivity index (χ4n) is 4.02. The van der Waals surface area contributed by atoms with Crippen LogP contribution in [0.4, 0.5) is 0 Å². The first kappa shape index (κ1) is 26.8. The van der Waals surface area contributed by atoms with Gasteiger partial charge in [0.15, 0.2) is 0 Å². The number of carbonyl (C=O) groups excluding carboxylic acids is 2. The van der Waals surface area contributed by atoms with Gasteiger partial charge in [-0.05, 0) is 85.7 Å². The van der Waals surface area contributed by atoms with Gasteiger partial charge in [-0.3, -0.25) is 14.6 Å². The van der Waals surface area contributed by atoms with Crippen molar-refractivity contribution in [3.63, 3.8) is 0 Å². The van der Waals surface area contributed by atoms with Crippen LogP contribution in [0.5, 0.6) is 0 Å². The summed E-state index contributed by atoms with van der Waals surface area (Å²) in [5, 5.41) is 2.90. The van der Waals surface area contributed by atoms with Crippen LogP contribution < -0.4 is 11.1 Å². The molecule has 0 fully saturated rings. The topological polar surface area (TPSA) is 88.3 Å². The molecule has 2 heterocycles. The largest absolute Gasteiger partial charge is 0.330 e. The van der Waals surface area contributed by atoms with Crippen LogP contribution in [0.3, 0.4) is 0 Å². The third-order valence-corrected chi connectivity index (χ3v) is 6.31. The molecule has 0 radical (unpaired) electrons. The Morgan fingerprint density at radius 3 is 2.53 bits per heavy atom. The number of hydrogen-bond acceptors (Lipinski definition) is 4. The fourth-order valence-corrected chi connectivity index (χ4v) is 4.02. The zero-order valence-electron chi connectivity index (χ0n) is 21.9. The van der Waals surface area contributed by atoms with Crippen LogP contribution in [-0.4, -0.2) is 28.7 Å². The van der Waals surface area contributed by atoms with Crippen molar-refractivity contribution >= 4 is 23.0 Å². The first-order chi connectivity index (χ1) is 17.0. The molecule has 0 atom stereocenters. The summed E-state index contributed by atoms with van der Waals surface area (Å²) in [7, 11) is 1.76. The van der Waals surface area contributed by atoms with Gasteiger partial charge in [-0.15, -0.1) is 0 Å². The third-order valence-electron chi connectivity index (χ3n) is 6.31. The van der Waals surface area contributed by atoms with Gasteiger partial charge >= 0.3 is 0 Å². The smallest absolute Gasteiger partial charge is 0.230 e. The molecule has 6 nitrogen and oxygen atoms in total. The number of rotatable bonds is 8. The summed E-state index contributed by atoms with van der Waals surface area (Å²) in [6.07, 6.45) is 8.91. The van der Waals surface area contributed by atoms with Gasteiger partial charge < -0.3 is 16.0 Å². The van der Waals surface area contributed by atoms with Crippen molar-refractivity contribution < 1.29 is 9.59 Å². The number of aromatic nitrogens is 1. The molecule has 1 aliphatic heterocycles. The van der Waals surface area contributed by atoms with Crippen LogP contribution in [0.25, 0.3) is 11.1 Å². The van der Waals surface area contributed by atoms with E-state index in [0.29, 0.717) is 19.3 Å². The summed E-state index contributed by atoms with van der Waals surface area (Å²) >= 11 is 0. The second-order valence-corrected chi connectivity index (χ2v) is 9.84. The summed E-state index contributed by atoms with van der Waals surface area (Å²) in [4.78, 5) is 30.6. The predicted molar refractivity (Wildman–Crippen MR) is 146 cm³/mol. The average Bonchev–Trinajstić information content (AvgIpc) is 2.83. The maximum atomic E-state index is 12.8. The fraction of sp³-hybridized carbons (Fsp3) is 0.300. The van der Waals surface area contributed by atoms with Gasteiger partial charge in [-0.2, -0.15) is 0 Å². The highest BCUT2D eigenvalue weighted by molar-refractivity contribution is 5.83. The molecule has 0 unspecified atom stereocenters. The molecule has 0 saturated heterocycles. The number of nitrogens with one attached hydrogen (secondary N) is 1. The van der Waals surface area contributed by atoms with E-state index in [4.69, 9.17) is 5.73 Å². The lowest BCUT2D eigenvalue weighted by molar-refractivity contribution is -0.126. The van der Waals surface area contributed by atoms with Gasteiger partial charge in [-0.25, -0.2) is 0 Å². The molecule has 0 saturated carbocycles. The minimum absolute atomic E-state index is 0.0151. The van der Waals surface area contributed by atoms with E-state index in [1.807, 2.05) is 76.4 Å². The van der Waals surface area contributed by atoms with Crippen LogP contribution in [0.15, 0.2) is 78.8 Å². The lowest BCUT2D eigenvalue weighted by atomic mass is 9.94. The average molecular weight is 485 g/mol. The number of likely N-dealkylation sites (N-methyl/N-ethyl adjacent to an activating group) is 1. The number of nitrogens with zero attached hydrogens (tertiary/aromatic N) is 2. The molecule has 1 aromatic heterocycles. The van der Waals surface area contributed by atoms with E-state index in [1.54, 1.807) is 18.1 Å². The number of nitrogens with two attached hydrogens (primary N) is 1. The predicted octanol–water partition coefficient (Wildman–Crippen LogP) is 5.09. The summed E-state index contributed by atoms with van der Waals surface area (Å²) in [5.41, 5.74) is 13.2. The van der Waals surface area contributed by atoms with Gasteiger partial charge in [-0.1, -0.05) is 36.9 Å². The Bertz CT molecular complexity index is 1240. The highest BCUT2D eigenvalue weighted by atomic mass is 16.2. The van der Waals surface area contributed by atoms with E-state index < -0.39 is 5.54 Å². The maximum Gasteiger partial charge on any atom is 0.230 e. The second-order valence-electron chi connectivity index (χ2n) is 9.84. The minimum atomic E-state index is -0.413. The third kappa shape index (κ3) is 6.89. The van der Waals surface area contributed by atoms with E-state index >= 15 is 0 Å². The molecular weight excluding hydrogens is 448 g/mol. The standard InChI is InChI=1S/C30H36N4O2/c1-7-23(17-24-10-13-28(35)33-21(24)3)25-14-15-32-27(18-25)20(2)19-34(6)29(36)16-22-8-11-26(12-9-22)30(4,5)31/h7-9,11-12,14-15,17-19H,1,10,13,16,31H2,2-6H3,(H,33,35)/b20-19+,23-17+. The number of carbonyl (C=O) groups is 2. The number of pyridine rings is 1. The zero-order valence-corrected chi connectivity index (χ0v) is 21.9. The van der Waals surface area contributed by atoms with E-state index in [-0.39, 0.29) is 11.8 Å². The SMILES string of the molecule is C=C/C(=C\C1=C(C)NC(=O)CC1)c1ccnc(/C(C)=C/N(C)C(=O)Cc2ccc(C(C)(C)N)cc2)c1. The minimum Gasteiger partial charge on any atom is -0.330 e. The number of allylic oxidation sites excluding steroid dienone is 6. The highest BCUT2D eigenvalue weighted by Gasteiger charge is 2.16. The van der Waals surface area contributed by atoms with Gasteiger partial charge in [0.25, 0.3) is 0 Å². The Morgan fingerprint density at radius 1 is 1.22 bits per heavy atom. The second kappa shape index (κ2) is 11.3. The monoisotopic (exact) mass is 484 g/mol. The number of amides is 2. The van der Waals surface area contributed by atoms with Crippen molar-refractivity contribution in [3.8, 4) is 0 Å². The quantitative estimate of drug-likeness (QED) is 0.511. The molecule has 0 spiro atoms. The Labute approximate surface area is 214 Å². The first-order valence-electron chi connectivity index (χ1n) is 12.1. The van der Waals surface area contributed by atoms with Gasteiger partial charge in [0.05, 0.1) is 12.1 Å². The molecule has 1 aromatic carbocycles. The van der Waals surface area contributed by atoms with Crippen molar-refractivity contribution in [2.24, 2.45) is 5.73 Å². The van der Waals surface area contributed by atoms with E-state index in [2.05, 4.69) is 23.0 Å². The molecule has 3 rings (SSSR count). The summed E-state index contributed by atoms with van der Waals surface area (Å²) in [6.45, 7) is 11.7. The molecule has 0 bridgehead atoms. The normalized spacial score (nSPS) is 15.0. The molecule has 2 aromatic rings. The van der Waals surface area contributed by atoms with Crippen LogP contribution in [0, 0.1) is 0 Å². The van der Waals surface area contributed by atoms with Gasteiger partial charge in [0.1, 0.15) is 0 Å². The molecule has 6 heteroatoms. The maximum absolute atomic E-state index is 12.8. The van der Waals surface area contributed by atoms with Gasteiger partial charge in [0.2, 0.25) is 11.8 Å². The van der Waals surface area contributed by atoms with Crippen LogP contribution in [-0.2, 0) is 21.5 Å². The summed E-state index contributed by atoms with van der Waals surface area (Å²) < 4.78 is 0. The van der Waals surface area contributed by atoms with Crippen molar-refractivity contribution in [1.82, 2.24) is 15.2 Å². The molecule has 0 aliphatic carbocycles. The first-order valence-corrected chi connectivity index (χ1v) is 12.1. The van der Waals surface area contributed by atoms with E-state index in [9.17, 15) is 9.59 Å². The van der Waals surface area contributed by atoms with Crippen molar-refractivity contribution in [1.29, 1.82) is 0 Å². The Balaban J connectivity index is 1.75. The molecule has 3 N–H and O–H groups in total. The van der Waals surface area contributed by atoms with E-state index in [1.165, 1.54) is 0 Å².